The largest absolute Gasteiger partial charge is 0.457 e. The van der Waals surface area contributed by atoms with Gasteiger partial charge in [-0.1, -0.05) is 54.6 Å². The average molecular weight is 597 g/mol. The van der Waals surface area contributed by atoms with E-state index in [1.165, 1.54) is 5.56 Å². The van der Waals surface area contributed by atoms with E-state index in [0.717, 1.165) is 38.5 Å². The molecule has 1 saturated heterocycles. The lowest BCUT2D eigenvalue weighted by Crippen LogP contribution is -2.57. The summed E-state index contributed by atoms with van der Waals surface area (Å²) in [6, 6.07) is 27.6. The number of nitrogens with zero attached hydrogens (tertiary/aromatic N) is 1. The summed E-state index contributed by atoms with van der Waals surface area (Å²) in [7, 11) is 0. The highest BCUT2D eigenvalue weighted by molar-refractivity contribution is 6.36. The number of imide groups is 1. The number of alkyl halides is 2. The van der Waals surface area contributed by atoms with Crippen molar-refractivity contribution < 1.29 is 19.1 Å². The summed E-state index contributed by atoms with van der Waals surface area (Å²) in [5.41, 5.74) is 5.69. The van der Waals surface area contributed by atoms with Crippen LogP contribution in [0.25, 0.3) is 0 Å². The lowest BCUT2D eigenvalue weighted by atomic mass is 9.54. The quantitative estimate of drug-likeness (QED) is 0.207. The molecule has 210 valence electrons. The molecule has 2 bridgehead atoms. The molecule has 0 spiro atoms. The lowest BCUT2D eigenvalue weighted by Gasteiger charge is -2.54. The molecular weight excluding hydrogens is 571 g/mol. The second-order valence-corrected chi connectivity index (χ2v) is 12.3. The van der Waals surface area contributed by atoms with Gasteiger partial charge in [-0.3, -0.25) is 19.3 Å². The molecule has 3 aliphatic carbocycles. The van der Waals surface area contributed by atoms with Gasteiger partial charge in [0.25, 0.3) is 0 Å². The lowest BCUT2D eigenvalue weighted by molar-refractivity contribution is -0.142. The number of benzene rings is 4. The second kappa shape index (κ2) is 9.45. The average Bonchev–Trinajstić information content (AvgIpc) is 3.25. The number of ether oxygens (including phenoxy) is 1. The first-order valence-electron chi connectivity index (χ1n) is 13.7. The highest BCUT2D eigenvalue weighted by Crippen LogP contribution is 2.69. The highest BCUT2D eigenvalue weighted by atomic mass is 35.5. The minimum Gasteiger partial charge on any atom is -0.457 e. The number of carbonyl (C=O) groups excluding carboxylic acids is 3. The molecule has 6 nitrogen and oxygen atoms in total. The molecule has 8 rings (SSSR count). The Morgan fingerprint density at radius 1 is 0.738 bits per heavy atom. The monoisotopic (exact) mass is 596 g/mol. The minimum absolute atomic E-state index is 0.446. The van der Waals surface area contributed by atoms with Crippen LogP contribution in [0.4, 0.5) is 5.69 Å². The molecule has 0 saturated carbocycles. The van der Waals surface area contributed by atoms with E-state index in [9.17, 15) is 14.4 Å². The van der Waals surface area contributed by atoms with Crippen LogP contribution in [-0.4, -0.2) is 29.2 Å². The van der Waals surface area contributed by atoms with Gasteiger partial charge in [-0.2, -0.15) is 0 Å². The smallest absolute Gasteiger partial charge is 0.244 e. The summed E-state index contributed by atoms with van der Waals surface area (Å²) < 4.78 is 5.93. The standard InChI is InChI=1S/C34H26Cl2N2O4/c1-19-11-14-23(17-20(19)2)42-22-15-12-21(13-16-22)37-28(39)18-38-31(40)29-30(32(38)41)34(36)25-8-4-3-7-24(25)33(29,35)26-9-5-6-10-27(26)34/h3-17,29-30H,18H2,1-2H3,(H,37,39)/t29-,30-,33?,34?/m0/s1. The summed E-state index contributed by atoms with van der Waals surface area (Å²) in [4.78, 5) is 39.4. The van der Waals surface area contributed by atoms with Crippen LogP contribution in [0.3, 0.4) is 0 Å². The molecule has 8 heteroatoms. The van der Waals surface area contributed by atoms with E-state index < -0.39 is 45.9 Å². The van der Waals surface area contributed by atoms with Gasteiger partial charge in [0.2, 0.25) is 17.7 Å². The Hall–Kier alpha value is -4.13. The third-order valence-electron chi connectivity index (χ3n) is 8.83. The summed E-state index contributed by atoms with van der Waals surface area (Å²) in [6.07, 6.45) is 0. The van der Waals surface area contributed by atoms with E-state index >= 15 is 0 Å². The molecule has 4 aromatic carbocycles. The third-order valence-corrected chi connectivity index (χ3v) is 10.1. The number of carbonyl (C=O) groups is 3. The van der Waals surface area contributed by atoms with Crippen molar-refractivity contribution in [2.45, 2.75) is 23.6 Å². The number of likely N-dealkylation sites (tertiary alicyclic amines) is 1. The van der Waals surface area contributed by atoms with Crippen LogP contribution in [-0.2, 0) is 24.1 Å². The zero-order valence-electron chi connectivity index (χ0n) is 22.9. The highest BCUT2D eigenvalue weighted by Gasteiger charge is 2.73. The number of halogens is 2. The van der Waals surface area contributed by atoms with Gasteiger partial charge < -0.3 is 10.1 Å². The Morgan fingerprint density at radius 2 is 1.21 bits per heavy atom. The van der Waals surface area contributed by atoms with Gasteiger partial charge in [-0.15, -0.1) is 23.2 Å². The van der Waals surface area contributed by atoms with E-state index in [4.69, 9.17) is 27.9 Å². The van der Waals surface area contributed by atoms with Gasteiger partial charge in [0.1, 0.15) is 27.8 Å². The Kier molecular flexibility index (Phi) is 6.02. The molecule has 3 amide bonds. The van der Waals surface area contributed by atoms with Crippen molar-refractivity contribution in [1.29, 1.82) is 0 Å². The fraction of sp³-hybridized carbons (Fsp3) is 0.206. The Labute approximate surface area is 253 Å². The fourth-order valence-corrected chi connectivity index (χ4v) is 7.84. The van der Waals surface area contributed by atoms with Crippen molar-refractivity contribution in [3.63, 3.8) is 0 Å². The van der Waals surface area contributed by atoms with E-state index in [-0.39, 0.29) is 0 Å². The normalized spacial score (nSPS) is 25.1. The molecule has 4 aromatic rings. The molecule has 0 radical (unpaired) electrons. The summed E-state index contributed by atoms with van der Waals surface area (Å²) >= 11 is 14.9. The first-order chi connectivity index (χ1) is 20.1. The number of aryl methyl sites for hydroxylation is 2. The van der Waals surface area contributed by atoms with Gasteiger partial charge in [0.15, 0.2) is 0 Å². The van der Waals surface area contributed by atoms with Crippen molar-refractivity contribution in [3.05, 3.63) is 124 Å². The van der Waals surface area contributed by atoms with Crippen LogP contribution in [0, 0.1) is 25.7 Å². The Morgan fingerprint density at radius 3 is 1.69 bits per heavy atom. The summed E-state index contributed by atoms with van der Waals surface area (Å²) in [5, 5.41) is 2.78. The Bertz CT molecular complexity index is 1680. The summed E-state index contributed by atoms with van der Waals surface area (Å²) in [6.45, 7) is 3.61. The SMILES string of the molecule is Cc1ccc(Oc2ccc(NC(=O)CN3C(=O)[C@@H]4[C@@H](C3=O)C3(Cl)c5ccccc5C4(Cl)c4ccccc43)cc2)cc1C. The first-order valence-corrected chi connectivity index (χ1v) is 14.5. The number of amides is 3. The minimum atomic E-state index is -1.28. The first kappa shape index (κ1) is 26.7. The third kappa shape index (κ3) is 3.68. The van der Waals surface area contributed by atoms with Gasteiger partial charge in [0, 0.05) is 5.69 Å². The van der Waals surface area contributed by atoms with Gasteiger partial charge >= 0.3 is 0 Å². The number of anilines is 1. The zero-order chi connectivity index (χ0) is 29.4. The van der Waals surface area contributed by atoms with Gasteiger partial charge in [0.05, 0.1) is 11.8 Å². The zero-order valence-corrected chi connectivity index (χ0v) is 24.4. The second-order valence-electron chi connectivity index (χ2n) is 11.2. The van der Waals surface area contributed by atoms with Crippen LogP contribution >= 0.6 is 23.2 Å². The summed E-state index contributed by atoms with van der Waals surface area (Å²) in [5.74, 6) is -2.06. The molecule has 4 aliphatic rings. The number of rotatable bonds is 5. The molecule has 0 aromatic heterocycles. The van der Waals surface area contributed by atoms with Crippen LogP contribution < -0.4 is 10.1 Å². The van der Waals surface area contributed by atoms with Gasteiger partial charge in [-0.25, -0.2) is 0 Å². The van der Waals surface area contributed by atoms with Gasteiger partial charge in [-0.05, 0) is 83.6 Å². The molecule has 42 heavy (non-hydrogen) atoms. The van der Waals surface area contributed by atoms with Crippen molar-refractivity contribution in [2.75, 3.05) is 11.9 Å². The number of hydrogen-bond donors (Lipinski definition) is 1. The Balaban J connectivity index is 1.13. The van der Waals surface area contributed by atoms with E-state index in [1.807, 2.05) is 80.6 Å². The fourth-order valence-electron chi connectivity index (χ4n) is 6.74. The maximum absolute atomic E-state index is 13.9. The van der Waals surface area contributed by atoms with E-state index in [1.54, 1.807) is 24.3 Å². The molecule has 2 atom stereocenters. The predicted molar refractivity (Wildman–Crippen MR) is 161 cm³/mol. The topological polar surface area (TPSA) is 75.7 Å². The number of hydrogen-bond acceptors (Lipinski definition) is 4. The van der Waals surface area contributed by atoms with Crippen molar-refractivity contribution in [2.24, 2.45) is 11.8 Å². The van der Waals surface area contributed by atoms with Crippen molar-refractivity contribution in [1.82, 2.24) is 4.90 Å². The molecular formula is C34H26Cl2N2O4. The molecule has 1 heterocycles. The van der Waals surface area contributed by atoms with Crippen LogP contribution in [0.5, 0.6) is 11.5 Å². The maximum Gasteiger partial charge on any atom is 0.244 e. The van der Waals surface area contributed by atoms with Crippen molar-refractivity contribution >= 4 is 46.6 Å². The van der Waals surface area contributed by atoms with E-state index in [2.05, 4.69) is 5.32 Å². The maximum atomic E-state index is 13.9. The van der Waals surface area contributed by atoms with Crippen LogP contribution in [0.2, 0.25) is 0 Å². The van der Waals surface area contributed by atoms with Crippen LogP contribution in [0.15, 0.2) is 91.0 Å². The molecule has 1 fully saturated rings. The molecule has 1 aliphatic heterocycles. The van der Waals surface area contributed by atoms with Crippen LogP contribution in [0.1, 0.15) is 33.4 Å². The van der Waals surface area contributed by atoms with Crippen molar-refractivity contribution in [3.8, 4) is 11.5 Å². The molecule has 0 unspecified atom stereocenters. The molecule has 1 N–H and O–H groups in total. The van der Waals surface area contributed by atoms with E-state index in [0.29, 0.717) is 11.4 Å². The predicted octanol–water partition coefficient (Wildman–Crippen LogP) is 6.63. The number of nitrogens with one attached hydrogen (secondary N) is 1.